The molecule has 1 saturated heterocycles. The van der Waals surface area contributed by atoms with Gasteiger partial charge < -0.3 is 4.90 Å². The SMILES string of the molecule is CC(/C=C/N1CCN(S(C)(=O)=O)[C@H](C)C1)=NC=N. The van der Waals surface area contributed by atoms with Crippen LogP contribution in [0.25, 0.3) is 0 Å². The van der Waals surface area contributed by atoms with Crippen LogP contribution in [-0.2, 0) is 10.0 Å². The van der Waals surface area contributed by atoms with E-state index in [1.165, 1.54) is 10.6 Å². The summed E-state index contributed by atoms with van der Waals surface area (Å²) < 4.78 is 24.5. The number of nitrogens with one attached hydrogen (secondary N) is 1. The van der Waals surface area contributed by atoms with Gasteiger partial charge >= 0.3 is 0 Å². The Morgan fingerprint density at radius 3 is 2.61 bits per heavy atom. The number of allylic oxidation sites excluding steroid dienone is 1. The summed E-state index contributed by atoms with van der Waals surface area (Å²) in [5.41, 5.74) is 0.753. The molecule has 0 spiro atoms. The van der Waals surface area contributed by atoms with Crippen molar-refractivity contribution < 1.29 is 8.42 Å². The standard InChI is InChI=1S/C11H20N4O2S/c1-10(13-9-12)4-5-14-6-7-15(11(2)8-14)18(3,16)17/h4-5,9,11-12H,6-8H2,1-3H3/b5-4+,12-9?,13-10?/t11-/m1/s1. The zero-order valence-electron chi connectivity index (χ0n) is 11.0. The maximum absolute atomic E-state index is 11.5. The van der Waals surface area contributed by atoms with Crippen LogP contribution in [0.3, 0.4) is 0 Å². The first-order valence-corrected chi connectivity index (χ1v) is 7.62. The van der Waals surface area contributed by atoms with Gasteiger partial charge in [-0.1, -0.05) is 0 Å². The highest BCUT2D eigenvalue weighted by Crippen LogP contribution is 2.13. The number of rotatable bonds is 4. The van der Waals surface area contributed by atoms with E-state index in [0.29, 0.717) is 19.6 Å². The van der Waals surface area contributed by atoms with Gasteiger partial charge in [0.15, 0.2) is 0 Å². The van der Waals surface area contributed by atoms with Crippen LogP contribution in [0, 0.1) is 5.41 Å². The average Bonchev–Trinajstić information content (AvgIpc) is 2.25. The van der Waals surface area contributed by atoms with Gasteiger partial charge in [0, 0.05) is 37.6 Å². The fraction of sp³-hybridized carbons (Fsp3) is 0.636. The highest BCUT2D eigenvalue weighted by molar-refractivity contribution is 7.88. The average molecular weight is 272 g/mol. The topological polar surface area (TPSA) is 76.8 Å². The smallest absolute Gasteiger partial charge is 0.211 e. The molecule has 0 aromatic heterocycles. The lowest BCUT2D eigenvalue weighted by Gasteiger charge is -2.37. The van der Waals surface area contributed by atoms with Crippen LogP contribution in [0.5, 0.6) is 0 Å². The lowest BCUT2D eigenvalue weighted by atomic mass is 10.2. The molecule has 0 unspecified atom stereocenters. The number of hydrogen-bond acceptors (Lipinski definition) is 4. The second-order valence-electron chi connectivity index (χ2n) is 4.43. The van der Waals surface area contributed by atoms with Crippen LogP contribution in [0.2, 0.25) is 0 Å². The Balaban J connectivity index is 2.62. The van der Waals surface area contributed by atoms with Crippen molar-refractivity contribution in [1.82, 2.24) is 9.21 Å². The van der Waals surface area contributed by atoms with Crippen LogP contribution >= 0.6 is 0 Å². The fourth-order valence-corrected chi connectivity index (χ4v) is 3.09. The van der Waals surface area contributed by atoms with Crippen molar-refractivity contribution in [2.45, 2.75) is 19.9 Å². The van der Waals surface area contributed by atoms with Crippen molar-refractivity contribution in [1.29, 1.82) is 5.41 Å². The second-order valence-corrected chi connectivity index (χ2v) is 6.37. The Hall–Kier alpha value is -1.21. The predicted octanol–water partition coefficient (Wildman–Crippen LogP) is 0.534. The van der Waals surface area contributed by atoms with Crippen LogP contribution in [-0.4, -0.2) is 61.6 Å². The maximum atomic E-state index is 11.5. The quantitative estimate of drug-likeness (QED) is 0.599. The molecule has 7 heteroatoms. The molecule has 1 heterocycles. The minimum atomic E-state index is -3.11. The number of piperazine rings is 1. The van der Waals surface area contributed by atoms with Gasteiger partial charge in [-0.15, -0.1) is 0 Å². The normalized spacial score (nSPS) is 23.6. The van der Waals surface area contributed by atoms with Gasteiger partial charge in [-0.25, -0.2) is 13.4 Å². The first-order chi connectivity index (χ1) is 8.34. The Morgan fingerprint density at radius 1 is 1.44 bits per heavy atom. The second kappa shape index (κ2) is 6.10. The summed E-state index contributed by atoms with van der Waals surface area (Å²) in [6.07, 6.45) is 5.98. The van der Waals surface area contributed by atoms with Gasteiger partial charge in [-0.2, -0.15) is 4.31 Å². The van der Waals surface area contributed by atoms with Gasteiger partial charge in [-0.05, 0) is 19.9 Å². The third-order valence-corrected chi connectivity index (χ3v) is 4.21. The van der Waals surface area contributed by atoms with Gasteiger partial charge in [0.2, 0.25) is 10.0 Å². The fourth-order valence-electron chi connectivity index (χ4n) is 1.96. The molecule has 1 aliphatic heterocycles. The van der Waals surface area contributed by atoms with Crippen molar-refractivity contribution in [2.24, 2.45) is 4.99 Å². The summed E-state index contributed by atoms with van der Waals surface area (Å²) >= 11 is 0. The molecule has 0 aromatic carbocycles. The Labute approximate surface area is 109 Å². The zero-order valence-corrected chi connectivity index (χ0v) is 11.8. The number of sulfonamides is 1. The van der Waals surface area contributed by atoms with Crippen molar-refractivity contribution in [3.05, 3.63) is 12.3 Å². The van der Waals surface area contributed by atoms with Crippen LogP contribution in [0.1, 0.15) is 13.8 Å². The Morgan fingerprint density at radius 2 is 2.11 bits per heavy atom. The van der Waals surface area contributed by atoms with Crippen LogP contribution in [0.15, 0.2) is 17.3 Å². The molecule has 1 N–H and O–H groups in total. The molecule has 6 nitrogen and oxygen atoms in total. The van der Waals surface area contributed by atoms with E-state index >= 15 is 0 Å². The summed E-state index contributed by atoms with van der Waals surface area (Å²) in [6, 6.07) is -0.0293. The van der Waals surface area contributed by atoms with E-state index in [1.807, 2.05) is 26.1 Å². The minimum absolute atomic E-state index is 0.0293. The number of nitrogens with zero attached hydrogens (tertiary/aromatic N) is 3. The molecule has 1 aliphatic rings. The van der Waals surface area contributed by atoms with E-state index in [1.54, 1.807) is 0 Å². The van der Waals surface area contributed by atoms with E-state index < -0.39 is 10.0 Å². The minimum Gasteiger partial charge on any atom is -0.374 e. The first-order valence-electron chi connectivity index (χ1n) is 5.77. The molecule has 1 rings (SSSR count). The molecule has 102 valence electrons. The monoisotopic (exact) mass is 272 g/mol. The van der Waals surface area contributed by atoms with Crippen LogP contribution in [0.4, 0.5) is 0 Å². The number of hydrogen-bond donors (Lipinski definition) is 1. The van der Waals surface area contributed by atoms with Gasteiger partial charge in [0.25, 0.3) is 0 Å². The zero-order chi connectivity index (χ0) is 13.8. The molecule has 0 radical (unpaired) electrons. The summed E-state index contributed by atoms with van der Waals surface area (Å²) in [5, 5.41) is 6.85. The van der Waals surface area contributed by atoms with E-state index in [2.05, 4.69) is 9.89 Å². The third-order valence-electron chi connectivity index (χ3n) is 2.82. The van der Waals surface area contributed by atoms with E-state index in [9.17, 15) is 8.42 Å². The molecule has 18 heavy (non-hydrogen) atoms. The highest BCUT2D eigenvalue weighted by Gasteiger charge is 2.28. The van der Waals surface area contributed by atoms with Crippen molar-refractivity contribution in [3.8, 4) is 0 Å². The molecule has 0 amide bonds. The van der Waals surface area contributed by atoms with Crippen molar-refractivity contribution in [3.63, 3.8) is 0 Å². The summed E-state index contributed by atoms with van der Waals surface area (Å²) in [5.74, 6) is 0. The lowest BCUT2D eigenvalue weighted by molar-refractivity contribution is 0.189. The molecule has 0 saturated carbocycles. The largest absolute Gasteiger partial charge is 0.374 e. The molecule has 1 atom stereocenters. The molecule has 0 bridgehead atoms. The maximum Gasteiger partial charge on any atom is 0.211 e. The summed E-state index contributed by atoms with van der Waals surface area (Å²) in [4.78, 5) is 5.89. The lowest BCUT2D eigenvalue weighted by Crippen LogP contribution is -2.51. The van der Waals surface area contributed by atoms with Crippen molar-refractivity contribution >= 4 is 22.1 Å². The van der Waals surface area contributed by atoms with Gasteiger partial charge in [0.1, 0.15) is 6.34 Å². The van der Waals surface area contributed by atoms with E-state index in [4.69, 9.17) is 5.41 Å². The summed E-state index contributed by atoms with van der Waals surface area (Å²) in [6.45, 7) is 5.57. The predicted molar refractivity (Wildman–Crippen MR) is 73.6 cm³/mol. The van der Waals surface area contributed by atoms with Gasteiger partial charge in [-0.3, -0.25) is 5.41 Å². The van der Waals surface area contributed by atoms with E-state index in [0.717, 1.165) is 12.1 Å². The summed E-state index contributed by atoms with van der Waals surface area (Å²) in [7, 11) is -3.11. The van der Waals surface area contributed by atoms with Crippen molar-refractivity contribution in [2.75, 3.05) is 25.9 Å². The van der Waals surface area contributed by atoms with E-state index in [-0.39, 0.29) is 6.04 Å². The molecular formula is C11H20N4O2S. The third kappa shape index (κ3) is 4.23. The molecule has 0 aliphatic carbocycles. The van der Waals surface area contributed by atoms with Crippen LogP contribution < -0.4 is 0 Å². The molecule has 1 fully saturated rings. The highest BCUT2D eigenvalue weighted by atomic mass is 32.2. The Kier molecular flexibility index (Phi) is 5.03. The number of aliphatic imine (C=N–C) groups is 1. The first kappa shape index (κ1) is 14.8. The Bertz CT molecular complexity index is 456. The molecular weight excluding hydrogens is 252 g/mol. The molecule has 0 aromatic rings. The van der Waals surface area contributed by atoms with Gasteiger partial charge in [0.05, 0.1) is 6.26 Å².